The third kappa shape index (κ3) is 4.53. The van der Waals surface area contributed by atoms with Crippen molar-refractivity contribution in [1.82, 2.24) is 8.87 Å². The molecule has 8 nitrogen and oxygen atoms in total. The van der Waals surface area contributed by atoms with Crippen molar-refractivity contribution < 1.29 is 17.9 Å². The number of hydrogen-bond acceptors (Lipinski definition) is 5. The number of anilines is 1. The molecular formula is C23H25N3O5S. The fraction of sp³-hybridized carbons (Fsp3) is 0.304. The molecule has 0 radical (unpaired) electrons. The summed E-state index contributed by atoms with van der Waals surface area (Å²) in [4.78, 5) is 25.2. The molecule has 1 amide bonds. The van der Waals surface area contributed by atoms with Crippen molar-refractivity contribution in [3.05, 3.63) is 65.0 Å². The van der Waals surface area contributed by atoms with E-state index in [1.807, 2.05) is 6.92 Å². The van der Waals surface area contributed by atoms with E-state index >= 15 is 0 Å². The minimum absolute atomic E-state index is 0.191. The highest BCUT2D eigenvalue weighted by molar-refractivity contribution is 7.89. The lowest BCUT2D eigenvalue weighted by atomic mass is 10.2. The number of nitrogens with zero attached hydrogens (tertiary/aromatic N) is 2. The van der Waals surface area contributed by atoms with E-state index in [2.05, 4.69) is 5.32 Å². The molecule has 0 atom stereocenters. The summed E-state index contributed by atoms with van der Waals surface area (Å²) < 4.78 is 33.9. The lowest BCUT2D eigenvalue weighted by Crippen LogP contribution is -2.28. The fourth-order valence-electron chi connectivity index (χ4n) is 3.83. The molecule has 32 heavy (non-hydrogen) atoms. The van der Waals surface area contributed by atoms with Gasteiger partial charge in [0.15, 0.2) is 0 Å². The van der Waals surface area contributed by atoms with Crippen LogP contribution in [0.3, 0.4) is 0 Å². The molecule has 168 valence electrons. The van der Waals surface area contributed by atoms with Gasteiger partial charge in [-0.1, -0.05) is 0 Å². The molecule has 2 aromatic carbocycles. The van der Waals surface area contributed by atoms with Gasteiger partial charge in [-0.2, -0.15) is 4.31 Å². The highest BCUT2D eigenvalue weighted by atomic mass is 32.2. The first-order chi connectivity index (χ1) is 15.4. The second-order valence-electron chi connectivity index (χ2n) is 7.60. The predicted molar refractivity (Wildman–Crippen MR) is 122 cm³/mol. The van der Waals surface area contributed by atoms with Gasteiger partial charge in [-0.25, -0.2) is 8.42 Å². The number of fused-ring (bicyclic) bond motifs is 1. The number of carbonyl (C=O) groups is 1. The Labute approximate surface area is 186 Å². The summed E-state index contributed by atoms with van der Waals surface area (Å²) in [6.45, 7) is 3.29. The standard InChI is InChI=1S/C23H25N3O5S/c1-2-31-19-8-6-18(7-9-19)24-22(27)16-26-21-11-10-20(15-17(21)5-12-23(26)28)32(29,30)25-13-3-4-14-25/h5-12,15H,2-4,13-14,16H2,1H3,(H,24,27). The molecule has 1 saturated heterocycles. The quantitative estimate of drug-likeness (QED) is 0.591. The largest absolute Gasteiger partial charge is 0.494 e. The molecule has 1 N–H and O–H groups in total. The van der Waals surface area contributed by atoms with Crippen LogP contribution in [-0.2, 0) is 21.4 Å². The maximum absolute atomic E-state index is 12.9. The summed E-state index contributed by atoms with van der Waals surface area (Å²) in [7, 11) is -3.57. The van der Waals surface area contributed by atoms with Crippen LogP contribution in [0.25, 0.3) is 10.9 Å². The highest BCUT2D eigenvalue weighted by Crippen LogP contribution is 2.24. The molecule has 3 aromatic rings. The SMILES string of the molecule is CCOc1ccc(NC(=O)Cn2c(=O)ccc3cc(S(=O)(=O)N4CCCC4)ccc32)cc1. The van der Waals surface area contributed by atoms with E-state index in [0.29, 0.717) is 42.0 Å². The van der Waals surface area contributed by atoms with Crippen molar-refractivity contribution in [2.45, 2.75) is 31.2 Å². The van der Waals surface area contributed by atoms with Gasteiger partial charge >= 0.3 is 0 Å². The molecule has 1 aromatic heterocycles. The van der Waals surface area contributed by atoms with Crippen LogP contribution in [0.2, 0.25) is 0 Å². The minimum atomic E-state index is -3.57. The number of rotatable bonds is 7. The van der Waals surface area contributed by atoms with Crippen molar-refractivity contribution in [2.24, 2.45) is 0 Å². The van der Waals surface area contributed by atoms with Gasteiger partial charge in [0.1, 0.15) is 12.3 Å². The Morgan fingerprint density at radius 3 is 2.44 bits per heavy atom. The van der Waals surface area contributed by atoms with E-state index < -0.39 is 10.0 Å². The molecule has 9 heteroatoms. The normalized spacial score (nSPS) is 14.5. The number of sulfonamides is 1. The third-order valence-corrected chi connectivity index (χ3v) is 7.31. The van der Waals surface area contributed by atoms with Gasteiger partial charge in [-0.3, -0.25) is 14.2 Å². The van der Waals surface area contributed by atoms with Crippen molar-refractivity contribution in [3.8, 4) is 5.75 Å². The molecular weight excluding hydrogens is 430 g/mol. The van der Waals surface area contributed by atoms with E-state index in [1.54, 1.807) is 42.5 Å². The maximum atomic E-state index is 12.9. The summed E-state index contributed by atoms with van der Waals surface area (Å²) in [5.41, 5.74) is 0.750. The van der Waals surface area contributed by atoms with Crippen LogP contribution in [0.4, 0.5) is 5.69 Å². The smallest absolute Gasteiger partial charge is 0.251 e. The fourth-order valence-corrected chi connectivity index (χ4v) is 5.38. The molecule has 1 aliphatic rings. The van der Waals surface area contributed by atoms with Gasteiger partial charge in [0, 0.05) is 24.8 Å². The number of nitrogens with one attached hydrogen (secondary N) is 1. The van der Waals surface area contributed by atoms with E-state index in [1.165, 1.54) is 21.0 Å². The zero-order valence-corrected chi connectivity index (χ0v) is 18.6. The maximum Gasteiger partial charge on any atom is 0.251 e. The van der Waals surface area contributed by atoms with E-state index in [4.69, 9.17) is 4.74 Å². The predicted octanol–water partition coefficient (Wildman–Crippen LogP) is 2.82. The average Bonchev–Trinajstić information content (AvgIpc) is 3.33. The lowest BCUT2D eigenvalue weighted by molar-refractivity contribution is -0.116. The number of hydrogen-bond donors (Lipinski definition) is 1. The summed E-state index contributed by atoms with van der Waals surface area (Å²) in [6.07, 6.45) is 1.71. The Hall–Kier alpha value is -3.17. The van der Waals surface area contributed by atoms with Gasteiger partial charge in [-0.05, 0) is 73.7 Å². The van der Waals surface area contributed by atoms with Crippen LogP contribution in [-0.4, -0.2) is 42.9 Å². The van der Waals surface area contributed by atoms with Crippen LogP contribution in [0, 0.1) is 0 Å². The zero-order valence-electron chi connectivity index (χ0n) is 17.8. The topological polar surface area (TPSA) is 97.7 Å². The van der Waals surface area contributed by atoms with Crippen LogP contribution in [0.15, 0.2) is 64.3 Å². The number of aromatic nitrogens is 1. The van der Waals surface area contributed by atoms with E-state index in [-0.39, 0.29) is 22.9 Å². The molecule has 0 saturated carbocycles. The van der Waals surface area contributed by atoms with Crippen molar-refractivity contribution in [3.63, 3.8) is 0 Å². The van der Waals surface area contributed by atoms with Crippen molar-refractivity contribution in [2.75, 3.05) is 25.0 Å². The Balaban J connectivity index is 1.57. The lowest BCUT2D eigenvalue weighted by Gasteiger charge is -2.16. The van der Waals surface area contributed by atoms with Gasteiger partial charge in [0.2, 0.25) is 15.9 Å². The molecule has 0 unspecified atom stereocenters. The van der Waals surface area contributed by atoms with Crippen LogP contribution in [0.1, 0.15) is 19.8 Å². The first-order valence-corrected chi connectivity index (χ1v) is 12.0. The number of benzene rings is 2. The summed E-state index contributed by atoms with van der Waals surface area (Å²) >= 11 is 0. The number of ether oxygens (including phenoxy) is 1. The zero-order chi connectivity index (χ0) is 22.7. The van der Waals surface area contributed by atoms with Crippen LogP contribution in [0.5, 0.6) is 5.75 Å². The first kappa shape index (κ1) is 22.0. The molecule has 1 aliphatic heterocycles. The van der Waals surface area contributed by atoms with Crippen LogP contribution >= 0.6 is 0 Å². The number of carbonyl (C=O) groups excluding carboxylic acids is 1. The first-order valence-electron chi connectivity index (χ1n) is 10.5. The third-order valence-electron chi connectivity index (χ3n) is 5.41. The monoisotopic (exact) mass is 455 g/mol. The Morgan fingerprint density at radius 2 is 1.75 bits per heavy atom. The summed E-state index contributed by atoms with van der Waals surface area (Å²) in [5, 5.41) is 3.35. The highest BCUT2D eigenvalue weighted by Gasteiger charge is 2.27. The Kier molecular flexibility index (Phi) is 6.29. The molecule has 4 rings (SSSR count). The molecule has 0 aliphatic carbocycles. The van der Waals surface area contributed by atoms with Gasteiger partial charge < -0.3 is 10.1 Å². The van der Waals surface area contributed by atoms with Crippen molar-refractivity contribution >= 4 is 32.5 Å². The summed E-state index contributed by atoms with van der Waals surface area (Å²) in [6, 6.07) is 14.5. The minimum Gasteiger partial charge on any atom is -0.494 e. The van der Waals surface area contributed by atoms with Crippen molar-refractivity contribution in [1.29, 1.82) is 0 Å². The Morgan fingerprint density at radius 1 is 1.03 bits per heavy atom. The Bertz CT molecular complexity index is 1290. The number of amides is 1. The molecule has 2 heterocycles. The second kappa shape index (κ2) is 9.13. The molecule has 1 fully saturated rings. The van der Waals surface area contributed by atoms with E-state index in [0.717, 1.165) is 12.8 Å². The molecule has 0 bridgehead atoms. The molecule has 0 spiro atoms. The second-order valence-corrected chi connectivity index (χ2v) is 9.53. The number of pyridine rings is 1. The van der Waals surface area contributed by atoms with Crippen LogP contribution < -0.4 is 15.6 Å². The van der Waals surface area contributed by atoms with Gasteiger partial charge in [0.05, 0.1) is 17.0 Å². The van der Waals surface area contributed by atoms with E-state index in [9.17, 15) is 18.0 Å². The van der Waals surface area contributed by atoms with Gasteiger partial charge in [0.25, 0.3) is 5.56 Å². The van der Waals surface area contributed by atoms with Gasteiger partial charge in [-0.15, -0.1) is 0 Å². The summed E-state index contributed by atoms with van der Waals surface area (Å²) in [5.74, 6) is 0.341. The average molecular weight is 456 g/mol.